The summed E-state index contributed by atoms with van der Waals surface area (Å²) in [4.78, 5) is 0. The van der Waals surface area contributed by atoms with Gasteiger partial charge >= 0.3 is 0 Å². The molecule has 0 aliphatic heterocycles. The van der Waals surface area contributed by atoms with E-state index in [1.807, 2.05) is 31.2 Å². The minimum atomic E-state index is 0.305. The minimum Gasteiger partial charge on any atom is -0.508 e. The molecule has 2 N–H and O–H groups in total. The van der Waals surface area contributed by atoms with Crippen LogP contribution in [0.3, 0.4) is 0 Å². The first-order valence-electron chi connectivity index (χ1n) is 6.67. The largest absolute Gasteiger partial charge is 0.508 e. The molecule has 0 spiro atoms. The van der Waals surface area contributed by atoms with Crippen molar-refractivity contribution in [2.24, 2.45) is 0 Å². The molecule has 0 radical (unpaired) electrons. The van der Waals surface area contributed by atoms with E-state index in [0.717, 1.165) is 18.4 Å². The molecule has 2 aromatic rings. The van der Waals surface area contributed by atoms with Crippen LogP contribution in [0.2, 0.25) is 0 Å². The molecule has 19 heavy (non-hydrogen) atoms. The second kappa shape index (κ2) is 5.79. The summed E-state index contributed by atoms with van der Waals surface area (Å²) in [6.07, 6.45) is 1.99. The summed E-state index contributed by atoms with van der Waals surface area (Å²) < 4.78 is 0. The SMILES string of the molecule is CCC(Cc1ccc(O)c(C)c1)c1ccc(O)cc1. The van der Waals surface area contributed by atoms with Crippen LogP contribution in [0.1, 0.15) is 36.0 Å². The Morgan fingerprint density at radius 3 is 2.26 bits per heavy atom. The Hall–Kier alpha value is -1.96. The first-order valence-corrected chi connectivity index (χ1v) is 6.67. The Morgan fingerprint density at radius 2 is 1.68 bits per heavy atom. The van der Waals surface area contributed by atoms with Gasteiger partial charge in [-0.3, -0.25) is 0 Å². The molecule has 0 aliphatic rings. The van der Waals surface area contributed by atoms with E-state index in [1.54, 1.807) is 18.2 Å². The van der Waals surface area contributed by atoms with E-state index in [-0.39, 0.29) is 0 Å². The Labute approximate surface area is 114 Å². The lowest BCUT2D eigenvalue weighted by atomic mass is 9.89. The molecular weight excluding hydrogens is 236 g/mol. The van der Waals surface area contributed by atoms with Gasteiger partial charge in [0.15, 0.2) is 0 Å². The predicted molar refractivity (Wildman–Crippen MR) is 77.7 cm³/mol. The van der Waals surface area contributed by atoms with E-state index in [2.05, 4.69) is 6.92 Å². The summed E-state index contributed by atoms with van der Waals surface area (Å²) in [7, 11) is 0. The zero-order valence-electron chi connectivity index (χ0n) is 11.4. The normalized spacial score (nSPS) is 12.3. The molecule has 1 atom stereocenters. The molecule has 2 heteroatoms. The van der Waals surface area contributed by atoms with Crippen LogP contribution in [-0.4, -0.2) is 10.2 Å². The van der Waals surface area contributed by atoms with E-state index in [9.17, 15) is 10.2 Å². The lowest BCUT2D eigenvalue weighted by Crippen LogP contribution is -2.02. The van der Waals surface area contributed by atoms with Crippen LogP contribution in [0.4, 0.5) is 0 Å². The van der Waals surface area contributed by atoms with Crippen molar-refractivity contribution >= 4 is 0 Å². The first kappa shape index (κ1) is 13.5. The van der Waals surface area contributed by atoms with E-state index in [0.29, 0.717) is 17.4 Å². The average Bonchev–Trinajstić information content (AvgIpc) is 2.41. The van der Waals surface area contributed by atoms with Crippen molar-refractivity contribution in [3.8, 4) is 11.5 Å². The Kier molecular flexibility index (Phi) is 4.10. The summed E-state index contributed by atoms with van der Waals surface area (Å²) in [6, 6.07) is 13.2. The molecule has 0 amide bonds. The lowest BCUT2D eigenvalue weighted by Gasteiger charge is -2.16. The summed E-state index contributed by atoms with van der Waals surface area (Å²) in [5.74, 6) is 1.09. The number of rotatable bonds is 4. The number of phenolic OH excluding ortho intramolecular Hbond substituents is 2. The van der Waals surface area contributed by atoms with Gasteiger partial charge in [0.1, 0.15) is 11.5 Å². The summed E-state index contributed by atoms with van der Waals surface area (Å²) in [5, 5.41) is 18.9. The number of hydrogen-bond donors (Lipinski definition) is 2. The number of aryl methyl sites for hydroxylation is 1. The minimum absolute atomic E-state index is 0.305. The quantitative estimate of drug-likeness (QED) is 0.863. The molecule has 2 rings (SSSR count). The van der Waals surface area contributed by atoms with Crippen LogP contribution in [0.25, 0.3) is 0 Å². The fraction of sp³-hybridized carbons (Fsp3) is 0.294. The van der Waals surface area contributed by atoms with Crippen LogP contribution < -0.4 is 0 Å². The van der Waals surface area contributed by atoms with Crippen LogP contribution in [0.5, 0.6) is 11.5 Å². The molecule has 0 aliphatic carbocycles. The van der Waals surface area contributed by atoms with Gasteiger partial charge < -0.3 is 10.2 Å². The second-order valence-electron chi connectivity index (χ2n) is 5.02. The molecule has 0 fully saturated rings. The fourth-order valence-electron chi connectivity index (χ4n) is 2.37. The van der Waals surface area contributed by atoms with Crippen molar-refractivity contribution in [1.29, 1.82) is 0 Å². The van der Waals surface area contributed by atoms with Gasteiger partial charge in [-0.05, 0) is 60.6 Å². The Balaban J connectivity index is 2.18. The Bertz CT molecular complexity index is 544. The topological polar surface area (TPSA) is 40.5 Å². The summed E-state index contributed by atoms with van der Waals surface area (Å²) in [6.45, 7) is 4.09. The lowest BCUT2D eigenvalue weighted by molar-refractivity contribution is 0.470. The highest BCUT2D eigenvalue weighted by Gasteiger charge is 2.11. The summed E-state index contributed by atoms with van der Waals surface area (Å²) >= 11 is 0. The third-order valence-electron chi connectivity index (χ3n) is 3.60. The maximum absolute atomic E-state index is 9.55. The number of hydrogen-bond acceptors (Lipinski definition) is 2. The van der Waals surface area contributed by atoms with Crippen LogP contribution in [-0.2, 0) is 6.42 Å². The van der Waals surface area contributed by atoms with Gasteiger partial charge in [0.2, 0.25) is 0 Å². The number of phenols is 2. The first-order chi connectivity index (χ1) is 9.10. The van der Waals surface area contributed by atoms with Gasteiger partial charge in [-0.25, -0.2) is 0 Å². The van der Waals surface area contributed by atoms with Crippen molar-refractivity contribution in [3.05, 3.63) is 59.2 Å². The highest BCUT2D eigenvalue weighted by atomic mass is 16.3. The molecule has 0 aromatic heterocycles. The second-order valence-corrected chi connectivity index (χ2v) is 5.02. The molecular formula is C17H20O2. The molecule has 2 nitrogen and oxygen atoms in total. The van der Waals surface area contributed by atoms with Crippen molar-refractivity contribution in [1.82, 2.24) is 0 Å². The predicted octanol–water partition coefficient (Wildman–Crippen LogP) is 4.14. The molecule has 0 bridgehead atoms. The van der Waals surface area contributed by atoms with Crippen LogP contribution >= 0.6 is 0 Å². The highest BCUT2D eigenvalue weighted by molar-refractivity contribution is 5.36. The maximum atomic E-state index is 9.55. The van der Waals surface area contributed by atoms with Crippen molar-refractivity contribution in [2.45, 2.75) is 32.6 Å². The fourth-order valence-corrected chi connectivity index (χ4v) is 2.37. The maximum Gasteiger partial charge on any atom is 0.118 e. The van der Waals surface area contributed by atoms with E-state index < -0.39 is 0 Å². The van der Waals surface area contributed by atoms with Gasteiger partial charge in [-0.15, -0.1) is 0 Å². The van der Waals surface area contributed by atoms with Gasteiger partial charge in [0, 0.05) is 0 Å². The van der Waals surface area contributed by atoms with E-state index in [1.165, 1.54) is 11.1 Å². The number of benzene rings is 2. The third kappa shape index (κ3) is 3.28. The molecule has 0 heterocycles. The monoisotopic (exact) mass is 256 g/mol. The van der Waals surface area contributed by atoms with Gasteiger partial charge in [0.05, 0.1) is 0 Å². The van der Waals surface area contributed by atoms with Crippen LogP contribution in [0, 0.1) is 6.92 Å². The smallest absolute Gasteiger partial charge is 0.118 e. The third-order valence-corrected chi connectivity index (χ3v) is 3.60. The molecule has 2 aromatic carbocycles. The highest BCUT2D eigenvalue weighted by Crippen LogP contribution is 2.27. The van der Waals surface area contributed by atoms with Gasteiger partial charge in [-0.2, -0.15) is 0 Å². The van der Waals surface area contributed by atoms with Crippen LogP contribution in [0.15, 0.2) is 42.5 Å². The van der Waals surface area contributed by atoms with Crippen molar-refractivity contribution in [2.75, 3.05) is 0 Å². The average molecular weight is 256 g/mol. The van der Waals surface area contributed by atoms with Crippen molar-refractivity contribution in [3.63, 3.8) is 0 Å². The van der Waals surface area contributed by atoms with Gasteiger partial charge in [-0.1, -0.05) is 31.2 Å². The molecule has 0 saturated carbocycles. The zero-order valence-corrected chi connectivity index (χ0v) is 11.4. The molecule has 1 unspecified atom stereocenters. The standard InChI is InChI=1S/C17H20O2/c1-3-14(15-5-7-16(18)8-6-15)11-13-4-9-17(19)12(2)10-13/h4-10,14,18-19H,3,11H2,1-2H3. The zero-order chi connectivity index (χ0) is 13.8. The van der Waals surface area contributed by atoms with E-state index in [4.69, 9.17) is 0 Å². The van der Waals surface area contributed by atoms with Gasteiger partial charge in [0.25, 0.3) is 0 Å². The summed E-state index contributed by atoms with van der Waals surface area (Å²) in [5.41, 5.74) is 3.39. The molecule has 0 saturated heterocycles. The van der Waals surface area contributed by atoms with E-state index >= 15 is 0 Å². The number of aromatic hydroxyl groups is 2. The Morgan fingerprint density at radius 1 is 1.00 bits per heavy atom. The van der Waals surface area contributed by atoms with Crippen molar-refractivity contribution < 1.29 is 10.2 Å². The molecule has 100 valence electrons.